The van der Waals surface area contributed by atoms with Crippen LogP contribution in [0.15, 0.2) is 48.7 Å². The summed E-state index contributed by atoms with van der Waals surface area (Å²) < 4.78 is 5.68. The van der Waals surface area contributed by atoms with E-state index in [1.165, 1.54) is 12.1 Å². The number of rotatable bonds is 5. The molecule has 6 heteroatoms. The van der Waals surface area contributed by atoms with E-state index in [4.69, 9.17) is 10.00 Å². The Kier molecular flexibility index (Phi) is 4.95. The molecular formula is C17H15N3O3. The van der Waals surface area contributed by atoms with Gasteiger partial charge in [0.15, 0.2) is 0 Å². The van der Waals surface area contributed by atoms with Crippen molar-refractivity contribution in [2.24, 2.45) is 0 Å². The summed E-state index contributed by atoms with van der Waals surface area (Å²) in [5, 5.41) is 20.0. The molecule has 0 unspecified atom stereocenters. The first-order valence-corrected chi connectivity index (χ1v) is 6.80. The van der Waals surface area contributed by atoms with Gasteiger partial charge in [-0.05, 0) is 42.6 Å². The van der Waals surface area contributed by atoms with Gasteiger partial charge in [0, 0.05) is 20.2 Å². The van der Waals surface area contributed by atoms with E-state index in [2.05, 4.69) is 0 Å². The fourth-order valence-electron chi connectivity index (χ4n) is 1.89. The highest BCUT2D eigenvalue weighted by molar-refractivity contribution is 5.63. The SMILES string of the molecule is CN(C)/C=C/c1cc(Oc2cccc(C#N)c2)ccc1[N+](=O)[O-]. The van der Waals surface area contributed by atoms with Crippen molar-refractivity contribution in [1.82, 2.24) is 4.90 Å². The highest BCUT2D eigenvalue weighted by Crippen LogP contribution is 2.29. The summed E-state index contributed by atoms with van der Waals surface area (Å²) in [6, 6.07) is 13.3. The van der Waals surface area contributed by atoms with Crippen molar-refractivity contribution < 1.29 is 9.66 Å². The molecule has 0 fully saturated rings. The van der Waals surface area contributed by atoms with Crippen LogP contribution < -0.4 is 4.74 Å². The molecule has 2 aromatic carbocycles. The Labute approximate surface area is 134 Å². The van der Waals surface area contributed by atoms with Crippen LogP contribution in [0, 0.1) is 21.4 Å². The summed E-state index contributed by atoms with van der Waals surface area (Å²) in [5.41, 5.74) is 0.927. The summed E-state index contributed by atoms with van der Waals surface area (Å²) in [5.74, 6) is 0.963. The van der Waals surface area contributed by atoms with Crippen LogP contribution in [0.2, 0.25) is 0 Å². The molecule has 0 saturated heterocycles. The van der Waals surface area contributed by atoms with E-state index in [-0.39, 0.29) is 5.69 Å². The van der Waals surface area contributed by atoms with E-state index in [1.807, 2.05) is 20.2 Å². The standard InChI is InChI=1S/C17H15N3O3/c1-19(2)9-8-14-11-16(6-7-17(14)20(21)22)23-15-5-3-4-13(10-15)12-18/h3-11H,1-2H3/b9-8+. The Morgan fingerprint density at radius 1 is 1.22 bits per heavy atom. The zero-order valence-corrected chi connectivity index (χ0v) is 12.8. The molecule has 0 aliphatic carbocycles. The number of hydrogen-bond acceptors (Lipinski definition) is 5. The van der Waals surface area contributed by atoms with Crippen LogP contribution in [0.25, 0.3) is 6.08 Å². The van der Waals surface area contributed by atoms with Gasteiger partial charge >= 0.3 is 0 Å². The van der Waals surface area contributed by atoms with E-state index in [9.17, 15) is 10.1 Å². The third kappa shape index (κ3) is 4.32. The van der Waals surface area contributed by atoms with Gasteiger partial charge in [-0.3, -0.25) is 10.1 Å². The number of nitro groups is 1. The molecule has 0 radical (unpaired) electrons. The summed E-state index contributed by atoms with van der Waals surface area (Å²) in [7, 11) is 3.66. The number of nitrogens with zero attached hydrogens (tertiary/aromatic N) is 3. The quantitative estimate of drug-likeness (QED) is 0.620. The van der Waals surface area contributed by atoms with E-state index < -0.39 is 4.92 Å². The highest BCUT2D eigenvalue weighted by atomic mass is 16.6. The molecule has 0 bridgehead atoms. The first kappa shape index (κ1) is 16.0. The molecule has 23 heavy (non-hydrogen) atoms. The monoisotopic (exact) mass is 309 g/mol. The third-order valence-electron chi connectivity index (χ3n) is 2.95. The van der Waals surface area contributed by atoms with Gasteiger partial charge in [0.25, 0.3) is 5.69 Å². The predicted octanol–water partition coefficient (Wildman–Crippen LogP) is 3.79. The van der Waals surface area contributed by atoms with Gasteiger partial charge in [0.1, 0.15) is 11.5 Å². The minimum Gasteiger partial charge on any atom is -0.457 e. The minimum absolute atomic E-state index is 0.00113. The van der Waals surface area contributed by atoms with E-state index in [1.54, 1.807) is 47.5 Å². The average Bonchev–Trinajstić information content (AvgIpc) is 2.53. The van der Waals surface area contributed by atoms with Crippen LogP contribution in [0.1, 0.15) is 11.1 Å². The Morgan fingerprint density at radius 2 is 1.96 bits per heavy atom. The van der Waals surface area contributed by atoms with Crippen molar-refractivity contribution in [3.05, 3.63) is 69.9 Å². The zero-order valence-electron chi connectivity index (χ0n) is 12.8. The van der Waals surface area contributed by atoms with Crippen LogP contribution in [-0.4, -0.2) is 23.9 Å². The lowest BCUT2D eigenvalue weighted by atomic mass is 10.1. The first-order chi connectivity index (χ1) is 11.0. The Balaban J connectivity index is 2.34. The molecule has 0 aliphatic heterocycles. The van der Waals surface area contributed by atoms with E-state index in [0.717, 1.165) is 0 Å². The Hall–Kier alpha value is -3.33. The summed E-state index contributed by atoms with van der Waals surface area (Å²) in [6.07, 6.45) is 3.37. The molecule has 0 aromatic heterocycles. The Morgan fingerprint density at radius 3 is 2.61 bits per heavy atom. The first-order valence-electron chi connectivity index (χ1n) is 6.80. The lowest BCUT2D eigenvalue weighted by molar-refractivity contribution is -0.385. The normalized spacial score (nSPS) is 10.3. The Bertz CT molecular complexity index is 792. The van der Waals surface area contributed by atoms with Gasteiger partial charge in [-0.1, -0.05) is 6.07 Å². The van der Waals surface area contributed by atoms with Gasteiger partial charge in [-0.2, -0.15) is 5.26 Å². The van der Waals surface area contributed by atoms with E-state index in [0.29, 0.717) is 22.6 Å². The molecule has 0 atom stereocenters. The second-order valence-electron chi connectivity index (χ2n) is 5.00. The molecule has 0 amide bonds. The lowest BCUT2D eigenvalue weighted by Crippen LogP contribution is -2.00. The summed E-state index contributed by atoms with van der Waals surface area (Å²) in [4.78, 5) is 12.5. The maximum atomic E-state index is 11.1. The van der Waals surface area contributed by atoms with Crippen molar-refractivity contribution >= 4 is 11.8 Å². The predicted molar refractivity (Wildman–Crippen MR) is 87.0 cm³/mol. The van der Waals surface area contributed by atoms with Gasteiger partial charge in [-0.25, -0.2) is 0 Å². The molecule has 2 rings (SSSR count). The number of hydrogen-bond donors (Lipinski definition) is 0. The average molecular weight is 309 g/mol. The topological polar surface area (TPSA) is 79.4 Å². The number of benzene rings is 2. The fourth-order valence-corrected chi connectivity index (χ4v) is 1.89. The minimum atomic E-state index is -0.435. The van der Waals surface area contributed by atoms with Crippen LogP contribution in [0.3, 0.4) is 0 Å². The van der Waals surface area contributed by atoms with Crippen LogP contribution >= 0.6 is 0 Å². The second kappa shape index (κ2) is 7.09. The van der Waals surface area contributed by atoms with Crippen molar-refractivity contribution in [1.29, 1.82) is 5.26 Å². The van der Waals surface area contributed by atoms with Crippen LogP contribution in [0.5, 0.6) is 11.5 Å². The van der Waals surface area contributed by atoms with Crippen LogP contribution in [-0.2, 0) is 0 Å². The van der Waals surface area contributed by atoms with Gasteiger partial charge < -0.3 is 9.64 Å². The zero-order chi connectivity index (χ0) is 16.8. The molecule has 0 saturated carbocycles. The summed E-state index contributed by atoms with van der Waals surface area (Å²) >= 11 is 0. The van der Waals surface area contributed by atoms with Crippen molar-refractivity contribution in [3.63, 3.8) is 0 Å². The maximum Gasteiger partial charge on any atom is 0.276 e. The van der Waals surface area contributed by atoms with Crippen molar-refractivity contribution in [2.45, 2.75) is 0 Å². The lowest BCUT2D eigenvalue weighted by Gasteiger charge is -2.08. The molecule has 0 heterocycles. The number of ether oxygens (including phenoxy) is 1. The van der Waals surface area contributed by atoms with Gasteiger partial charge in [0.2, 0.25) is 0 Å². The molecule has 116 valence electrons. The third-order valence-corrected chi connectivity index (χ3v) is 2.95. The fraction of sp³-hybridized carbons (Fsp3) is 0.118. The van der Waals surface area contributed by atoms with Crippen molar-refractivity contribution in [2.75, 3.05) is 14.1 Å². The highest BCUT2D eigenvalue weighted by Gasteiger charge is 2.13. The molecule has 6 nitrogen and oxygen atoms in total. The molecule has 2 aromatic rings. The van der Waals surface area contributed by atoms with E-state index >= 15 is 0 Å². The summed E-state index contributed by atoms with van der Waals surface area (Å²) in [6.45, 7) is 0. The number of nitro benzene ring substituents is 1. The second-order valence-corrected chi connectivity index (χ2v) is 5.00. The van der Waals surface area contributed by atoms with Crippen molar-refractivity contribution in [3.8, 4) is 17.6 Å². The van der Waals surface area contributed by atoms with Gasteiger partial charge in [0.05, 0.1) is 22.1 Å². The maximum absolute atomic E-state index is 11.1. The van der Waals surface area contributed by atoms with Gasteiger partial charge in [-0.15, -0.1) is 0 Å². The van der Waals surface area contributed by atoms with Crippen LogP contribution in [0.4, 0.5) is 5.69 Å². The number of nitriles is 1. The molecular weight excluding hydrogens is 294 g/mol. The molecule has 0 aliphatic rings. The largest absolute Gasteiger partial charge is 0.457 e. The smallest absolute Gasteiger partial charge is 0.276 e. The molecule has 0 spiro atoms. The molecule has 0 N–H and O–H groups in total.